The van der Waals surface area contributed by atoms with Crippen LogP contribution >= 0.6 is 15.9 Å². The minimum absolute atomic E-state index is 0. The highest BCUT2D eigenvalue weighted by Gasteiger charge is 2.11. The number of carbonyl (C=O) groups is 1. The number of rotatable bonds is 1. The second kappa shape index (κ2) is 3.10. The molecule has 5 heteroatoms. The molecule has 1 aromatic heterocycles. The van der Waals surface area contributed by atoms with E-state index >= 15 is 0 Å². The van der Waals surface area contributed by atoms with Crippen molar-refractivity contribution in [3.05, 3.63) is 16.4 Å². The molecular formula is C7H9BrN2O2. The van der Waals surface area contributed by atoms with Gasteiger partial charge in [0.1, 0.15) is 4.60 Å². The molecule has 0 saturated heterocycles. The van der Waals surface area contributed by atoms with E-state index in [0.717, 1.165) is 0 Å². The van der Waals surface area contributed by atoms with Crippen molar-refractivity contribution in [2.45, 2.75) is 6.92 Å². The maximum Gasteiger partial charge on any atom is 0.182 e. The van der Waals surface area contributed by atoms with Crippen molar-refractivity contribution in [3.8, 4) is 5.75 Å². The summed E-state index contributed by atoms with van der Waals surface area (Å²) in [5.74, 6) is -0.578. The normalized spacial score (nSPS) is 9.83. The summed E-state index contributed by atoms with van der Waals surface area (Å²) in [6.45, 7) is 1.31. The molecule has 0 bridgehead atoms. The summed E-state index contributed by atoms with van der Waals surface area (Å²) >= 11 is 3.06. The molecule has 0 aliphatic heterocycles. The summed E-state index contributed by atoms with van der Waals surface area (Å²) in [5, 5.41) is 9.26. The van der Waals surface area contributed by atoms with Crippen LogP contribution in [0.2, 0.25) is 0 Å². The SMILES string of the molecule is CC(=O)c1nc(Br)cc(N)c1O.[HH]. The van der Waals surface area contributed by atoms with E-state index < -0.39 is 0 Å². The van der Waals surface area contributed by atoms with E-state index in [1.54, 1.807) is 0 Å². The van der Waals surface area contributed by atoms with Gasteiger partial charge in [-0.05, 0) is 22.0 Å². The van der Waals surface area contributed by atoms with E-state index in [1.807, 2.05) is 0 Å². The van der Waals surface area contributed by atoms with Gasteiger partial charge in [0.25, 0.3) is 0 Å². The second-order valence-corrected chi connectivity index (χ2v) is 3.10. The van der Waals surface area contributed by atoms with Crippen LogP contribution in [0, 0.1) is 0 Å². The molecule has 1 rings (SSSR count). The highest BCUT2D eigenvalue weighted by Crippen LogP contribution is 2.26. The molecule has 66 valence electrons. The number of carbonyl (C=O) groups excluding carboxylic acids is 1. The van der Waals surface area contributed by atoms with Crippen LogP contribution in [0.3, 0.4) is 0 Å². The average molecular weight is 233 g/mol. The molecule has 3 N–H and O–H groups in total. The third kappa shape index (κ3) is 1.55. The van der Waals surface area contributed by atoms with Gasteiger partial charge in [0.2, 0.25) is 0 Å². The molecule has 0 aromatic carbocycles. The van der Waals surface area contributed by atoms with Crippen LogP contribution in [0.4, 0.5) is 5.69 Å². The first-order valence-corrected chi connectivity index (χ1v) is 3.97. The Hall–Kier alpha value is -1.10. The highest BCUT2D eigenvalue weighted by molar-refractivity contribution is 9.10. The van der Waals surface area contributed by atoms with Gasteiger partial charge >= 0.3 is 0 Å². The number of ketones is 1. The lowest BCUT2D eigenvalue weighted by Crippen LogP contribution is -2.00. The van der Waals surface area contributed by atoms with Gasteiger partial charge in [0.05, 0.1) is 5.69 Å². The van der Waals surface area contributed by atoms with Gasteiger partial charge in [0, 0.05) is 8.35 Å². The number of halogens is 1. The number of Topliss-reactive ketones (excluding diaryl/α,β-unsaturated/α-hetero) is 1. The van der Waals surface area contributed by atoms with Crippen molar-refractivity contribution in [1.29, 1.82) is 0 Å². The topological polar surface area (TPSA) is 76.2 Å². The van der Waals surface area contributed by atoms with E-state index in [-0.39, 0.29) is 24.3 Å². The van der Waals surface area contributed by atoms with Crippen LogP contribution in [0.25, 0.3) is 0 Å². The molecule has 12 heavy (non-hydrogen) atoms. The van der Waals surface area contributed by atoms with Crippen molar-refractivity contribution < 1.29 is 11.3 Å². The van der Waals surface area contributed by atoms with Gasteiger partial charge in [-0.3, -0.25) is 4.79 Å². The summed E-state index contributed by atoms with van der Waals surface area (Å²) in [7, 11) is 0. The molecular weight excluding hydrogens is 224 g/mol. The van der Waals surface area contributed by atoms with E-state index in [0.29, 0.717) is 4.60 Å². The van der Waals surface area contributed by atoms with Gasteiger partial charge in [-0.2, -0.15) is 0 Å². The molecule has 0 fully saturated rings. The predicted octanol–water partition coefficient (Wildman–Crippen LogP) is 1.58. The van der Waals surface area contributed by atoms with Gasteiger partial charge in [-0.25, -0.2) is 4.98 Å². The number of nitrogen functional groups attached to an aromatic ring is 1. The van der Waals surface area contributed by atoms with Crippen molar-refractivity contribution in [3.63, 3.8) is 0 Å². The zero-order valence-corrected chi connectivity index (χ0v) is 7.92. The van der Waals surface area contributed by atoms with Crippen molar-refractivity contribution in [2.24, 2.45) is 0 Å². The van der Waals surface area contributed by atoms with E-state index in [9.17, 15) is 9.90 Å². The van der Waals surface area contributed by atoms with Crippen molar-refractivity contribution in [2.75, 3.05) is 5.73 Å². The zero-order chi connectivity index (χ0) is 9.30. The fourth-order valence-electron chi connectivity index (χ4n) is 0.771. The number of hydrogen-bond donors (Lipinski definition) is 2. The smallest absolute Gasteiger partial charge is 0.182 e. The van der Waals surface area contributed by atoms with Crippen LogP contribution in [0.1, 0.15) is 18.8 Å². The lowest BCUT2D eigenvalue weighted by atomic mass is 10.2. The lowest BCUT2D eigenvalue weighted by molar-refractivity contribution is 0.101. The number of nitrogens with zero attached hydrogens (tertiary/aromatic N) is 1. The van der Waals surface area contributed by atoms with Crippen molar-refractivity contribution in [1.82, 2.24) is 4.98 Å². The number of aromatic nitrogens is 1. The van der Waals surface area contributed by atoms with Crippen LogP contribution < -0.4 is 5.73 Å². The summed E-state index contributed by atoms with van der Waals surface area (Å²) in [4.78, 5) is 14.6. The van der Waals surface area contributed by atoms with E-state index in [4.69, 9.17) is 5.73 Å². The zero-order valence-electron chi connectivity index (χ0n) is 6.34. The first kappa shape index (κ1) is 8.99. The Kier molecular flexibility index (Phi) is 2.32. The Morgan fingerprint density at radius 2 is 2.42 bits per heavy atom. The molecule has 1 aromatic rings. The maximum atomic E-state index is 10.9. The minimum Gasteiger partial charge on any atom is -0.504 e. The Morgan fingerprint density at radius 3 is 2.92 bits per heavy atom. The van der Waals surface area contributed by atoms with Crippen LogP contribution in [-0.4, -0.2) is 15.9 Å². The van der Waals surface area contributed by atoms with Gasteiger partial charge in [-0.15, -0.1) is 0 Å². The molecule has 0 saturated carbocycles. The summed E-state index contributed by atoms with van der Waals surface area (Å²) in [5.41, 5.74) is 5.52. The third-order valence-electron chi connectivity index (χ3n) is 1.32. The average Bonchev–Trinajstić information content (AvgIpc) is 1.96. The second-order valence-electron chi connectivity index (χ2n) is 2.29. The van der Waals surface area contributed by atoms with Gasteiger partial charge in [-0.1, -0.05) is 0 Å². The molecule has 0 amide bonds. The Bertz CT molecular complexity index is 344. The quantitative estimate of drug-likeness (QED) is 0.570. The van der Waals surface area contributed by atoms with Crippen LogP contribution in [0.5, 0.6) is 5.75 Å². The largest absolute Gasteiger partial charge is 0.504 e. The first-order chi connectivity index (χ1) is 5.52. The molecule has 0 aliphatic rings. The minimum atomic E-state index is -0.319. The van der Waals surface area contributed by atoms with Gasteiger partial charge < -0.3 is 10.8 Å². The summed E-state index contributed by atoms with van der Waals surface area (Å²) in [6, 6.07) is 1.43. The number of nitrogens with two attached hydrogens (primary N) is 1. The molecule has 4 nitrogen and oxygen atoms in total. The number of anilines is 1. The van der Waals surface area contributed by atoms with E-state index in [1.165, 1.54) is 13.0 Å². The fraction of sp³-hybridized carbons (Fsp3) is 0.143. The third-order valence-corrected chi connectivity index (χ3v) is 1.73. The monoisotopic (exact) mass is 232 g/mol. The van der Waals surface area contributed by atoms with E-state index in [2.05, 4.69) is 20.9 Å². The number of aromatic hydroxyl groups is 1. The highest BCUT2D eigenvalue weighted by atomic mass is 79.9. The summed E-state index contributed by atoms with van der Waals surface area (Å²) < 4.78 is 0.433. The predicted molar refractivity (Wildman–Crippen MR) is 50.1 cm³/mol. The molecule has 0 unspecified atom stereocenters. The number of pyridine rings is 1. The number of hydrogen-bond acceptors (Lipinski definition) is 4. The molecule has 0 atom stereocenters. The van der Waals surface area contributed by atoms with Crippen molar-refractivity contribution >= 4 is 27.4 Å². The molecule has 1 heterocycles. The Balaban J connectivity index is 0.00000144. The Morgan fingerprint density at radius 1 is 1.83 bits per heavy atom. The lowest BCUT2D eigenvalue weighted by Gasteiger charge is -2.02. The van der Waals surface area contributed by atoms with Gasteiger partial charge in [0.15, 0.2) is 17.2 Å². The fourth-order valence-corrected chi connectivity index (χ4v) is 1.19. The van der Waals surface area contributed by atoms with Crippen LogP contribution in [-0.2, 0) is 0 Å². The Labute approximate surface area is 79.0 Å². The standard InChI is InChI=1S/C7H7BrN2O2.H2/c1-3(11)6-7(12)4(9)2-5(8)10-6;/h2,12H,1H3,(H2,9,10);1H. The first-order valence-electron chi connectivity index (χ1n) is 3.18. The molecule has 0 radical (unpaired) electrons. The summed E-state index contributed by atoms with van der Waals surface area (Å²) in [6.07, 6.45) is 0. The van der Waals surface area contributed by atoms with Crippen LogP contribution in [0.15, 0.2) is 10.7 Å². The maximum absolute atomic E-state index is 10.9. The molecule has 0 spiro atoms. The molecule has 0 aliphatic carbocycles.